The summed E-state index contributed by atoms with van der Waals surface area (Å²) in [5.41, 5.74) is 0.186. The van der Waals surface area contributed by atoms with Crippen molar-refractivity contribution in [2.75, 3.05) is 0 Å². The summed E-state index contributed by atoms with van der Waals surface area (Å²) in [6.45, 7) is 0. The third-order valence-electron chi connectivity index (χ3n) is 3.21. The zero-order chi connectivity index (χ0) is 15.6. The molecule has 6 heteroatoms. The Morgan fingerprint density at radius 1 is 0.826 bits per heavy atom. The van der Waals surface area contributed by atoms with Crippen LogP contribution in [-0.2, 0) is 14.3 Å². The van der Waals surface area contributed by atoms with E-state index in [1.807, 2.05) is 6.07 Å². The van der Waals surface area contributed by atoms with Crippen LogP contribution >= 0.6 is 0 Å². The molecule has 0 aromatic heterocycles. The summed E-state index contributed by atoms with van der Waals surface area (Å²) in [6.07, 6.45) is 0. The second kappa shape index (κ2) is 7.27. The van der Waals surface area contributed by atoms with E-state index in [9.17, 15) is 13.2 Å². The van der Waals surface area contributed by atoms with Crippen LogP contribution in [0.25, 0.3) is 10.8 Å². The Bertz CT molecular complexity index is 938. The molecule has 4 nitrogen and oxygen atoms in total. The second-order valence-electron chi connectivity index (χ2n) is 4.67. The van der Waals surface area contributed by atoms with Crippen molar-refractivity contribution in [3.63, 3.8) is 0 Å². The van der Waals surface area contributed by atoms with Crippen molar-refractivity contribution in [3.8, 4) is 0 Å². The van der Waals surface area contributed by atoms with Gasteiger partial charge in [0.25, 0.3) is 0 Å². The quantitative estimate of drug-likeness (QED) is 0.516. The molecule has 0 bridgehead atoms. The Kier molecular flexibility index (Phi) is 5.59. The van der Waals surface area contributed by atoms with Crippen LogP contribution in [0.4, 0.5) is 0 Å². The Morgan fingerprint density at radius 3 is 2.17 bits per heavy atom. The normalized spacial score (nSPS) is 10.8. The van der Waals surface area contributed by atoms with Gasteiger partial charge in [-0.2, -0.15) is 8.42 Å². The van der Waals surface area contributed by atoms with Crippen molar-refractivity contribution >= 4 is 26.9 Å². The smallest absolute Gasteiger partial charge is 1.00 e. The van der Waals surface area contributed by atoms with Crippen LogP contribution < -0.4 is 29.6 Å². The van der Waals surface area contributed by atoms with Gasteiger partial charge in [-0.15, -0.1) is 0 Å². The van der Waals surface area contributed by atoms with Crippen molar-refractivity contribution in [2.24, 2.45) is 0 Å². The van der Waals surface area contributed by atoms with Crippen LogP contribution in [0.3, 0.4) is 0 Å². The molecule has 0 atom stereocenters. The molecule has 0 aliphatic heterocycles. The van der Waals surface area contributed by atoms with Gasteiger partial charge in [0.1, 0.15) is 4.90 Å². The summed E-state index contributed by atoms with van der Waals surface area (Å²) < 4.78 is 29.5. The summed E-state index contributed by atoms with van der Waals surface area (Å²) >= 11 is 0. The molecule has 0 radical (unpaired) electrons. The average Bonchev–Trinajstić information content (AvgIpc) is 2.54. The Morgan fingerprint density at radius 2 is 1.43 bits per heavy atom. The Hall–Kier alpha value is -1.66. The van der Waals surface area contributed by atoms with Gasteiger partial charge in [0.05, 0.1) is 5.56 Å². The van der Waals surface area contributed by atoms with Crippen molar-refractivity contribution in [3.05, 3.63) is 78.4 Å². The number of hydrogen-bond donors (Lipinski definition) is 0. The Labute approximate surface area is 158 Å². The minimum atomic E-state index is -4.18. The molecule has 0 aliphatic rings. The summed E-state index contributed by atoms with van der Waals surface area (Å²) in [6, 6.07) is 19.9. The van der Waals surface area contributed by atoms with Crippen LogP contribution in [0.15, 0.2) is 77.7 Å². The zero-order valence-electron chi connectivity index (χ0n) is 13.5. The first-order valence-electron chi connectivity index (χ1n) is 6.59. The maximum Gasteiger partial charge on any atom is 1.00 e. The van der Waals surface area contributed by atoms with Gasteiger partial charge >= 0.3 is 45.6 Å². The molecule has 0 saturated heterocycles. The molecular weight excluding hydrogens is 323 g/mol. The molecular formula is C17H13NaO4S. The topological polar surface area (TPSA) is 60.4 Å². The number of benzene rings is 3. The summed E-state index contributed by atoms with van der Waals surface area (Å²) in [7, 11) is -4.18. The van der Waals surface area contributed by atoms with Gasteiger partial charge in [0.15, 0.2) is 0 Å². The molecule has 23 heavy (non-hydrogen) atoms. The van der Waals surface area contributed by atoms with E-state index >= 15 is 0 Å². The average molecular weight is 336 g/mol. The van der Waals surface area contributed by atoms with Gasteiger partial charge in [-0.1, -0.05) is 54.6 Å². The van der Waals surface area contributed by atoms with E-state index in [1.54, 1.807) is 48.5 Å². The monoisotopic (exact) mass is 336 g/mol. The van der Waals surface area contributed by atoms with Crippen LogP contribution in [0.1, 0.15) is 11.8 Å². The number of carbonyl (C=O) groups excluding carboxylic acids is 1. The van der Waals surface area contributed by atoms with Crippen molar-refractivity contribution in [1.29, 1.82) is 0 Å². The Balaban J connectivity index is 0.00000144. The van der Waals surface area contributed by atoms with E-state index < -0.39 is 16.1 Å². The van der Waals surface area contributed by atoms with Crippen LogP contribution in [0, 0.1) is 0 Å². The zero-order valence-corrected chi connectivity index (χ0v) is 15.3. The molecule has 3 aromatic carbocycles. The van der Waals surface area contributed by atoms with Crippen molar-refractivity contribution in [2.45, 2.75) is 4.90 Å². The fraction of sp³-hybridized carbons (Fsp3) is 0. The first-order valence-corrected chi connectivity index (χ1v) is 8.00. The summed E-state index contributed by atoms with van der Waals surface area (Å²) in [5, 5.41) is 1.28. The number of hydrogen-bond acceptors (Lipinski definition) is 4. The SMILES string of the molecule is O=C(OS(=O)(=O)c1cccc2ccccc12)c1ccccc1.[H-].[Na+]. The molecule has 0 fully saturated rings. The van der Waals surface area contributed by atoms with E-state index in [-0.39, 0.29) is 41.4 Å². The van der Waals surface area contributed by atoms with Crippen molar-refractivity contribution in [1.82, 2.24) is 0 Å². The molecule has 3 rings (SSSR count). The molecule has 3 aromatic rings. The van der Waals surface area contributed by atoms with Gasteiger partial charge in [-0.3, -0.25) is 0 Å². The molecule has 0 spiro atoms. The van der Waals surface area contributed by atoms with Gasteiger partial charge in [-0.05, 0) is 23.6 Å². The standard InChI is InChI=1S/C17H12O4S.Na.H/c18-17(14-8-2-1-3-9-14)21-22(19,20)16-12-6-10-13-7-4-5-11-15(13)16;;/h1-12H;;/q;+1;-1. The molecule has 0 unspecified atom stereocenters. The maximum atomic E-state index is 12.4. The van der Waals surface area contributed by atoms with Crippen LogP contribution in [0.5, 0.6) is 0 Å². The van der Waals surface area contributed by atoms with E-state index in [0.29, 0.717) is 5.39 Å². The predicted octanol–water partition coefficient (Wildman–Crippen LogP) is 0.502. The number of fused-ring (bicyclic) bond motifs is 1. The third-order valence-corrected chi connectivity index (χ3v) is 4.48. The van der Waals surface area contributed by atoms with E-state index in [2.05, 4.69) is 0 Å². The summed E-state index contributed by atoms with van der Waals surface area (Å²) in [5.74, 6) is -0.895. The van der Waals surface area contributed by atoms with Crippen molar-refractivity contribution < 1.29 is 48.4 Å². The van der Waals surface area contributed by atoms with Crippen LogP contribution in [0.2, 0.25) is 0 Å². The molecule has 0 amide bonds. The molecule has 0 saturated carbocycles. The number of carbonyl (C=O) groups is 1. The molecule has 0 aliphatic carbocycles. The first kappa shape index (κ1) is 17.7. The van der Waals surface area contributed by atoms with Crippen LogP contribution in [-0.4, -0.2) is 14.4 Å². The molecule has 0 N–H and O–H groups in total. The fourth-order valence-corrected chi connectivity index (χ4v) is 3.27. The van der Waals surface area contributed by atoms with Gasteiger partial charge in [0.2, 0.25) is 0 Å². The van der Waals surface area contributed by atoms with E-state index in [4.69, 9.17) is 4.18 Å². The van der Waals surface area contributed by atoms with E-state index in [0.717, 1.165) is 5.39 Å². The minimum Gasteiger partial charge on any atom is -1.00 e. The van der Waals surface area contributed by atoms with E-state index in [1.165, 1.54) is 18.2 Å². The molecule has 112 valence electrons. The van der Waals surface area contributed by atoms with Gasteiger partial charge in [-0.25, -0.2) is 4.79 Å². The largest absolute Gasteiger partial charge is 1.00 e. The fourth-order valence-electron chi connectivity index (χ4n) is 2.18. The number of rotatable bonds is 3. The second-order valence-corrected chi connectivity index (χ2v) is 6.18. The minimum absolute atomic E-state index is 0. The van der Waals surface area contributed by atoms with Gasteiger partial charge < -0.3 is 5.61 Å². The maximum absolute atomic E-state index is 12.4. The van der Waals surface area contributed by atoms with Gasteiger partial charge in [0, 0.05) is 5.39 Å². The third kappa shape index (κ3) is 3.82. The first-order chi connectivity index (χ1) is 10.6. The summed E-state index contributed by atoms with van der Waals surface area (Å²) in [4.78, 5) is 11.9. The molecule has 0 heterocycles. The predicted molar refractivity (Wildman–Crippen MR) is 84.1 cm³/mol.